The minimum atomic E-state index is -0.326. The molecule has 0 aromatic heterocycles. The van der Waals surface area contributed by atoms with E-state index in [4.69, 9.17) is 9.47 Å². The Bertz CT molecular complexity index is 544. The highest BCUT2D eigenvalue weighted by Gasteiger charge is 2.36. The fourth-order valence-corrected chi connectivity index (χ4v) is 2.44. The summed E-state index contributed by atoms with van der Waals surface area (Å²) in [7, 11) is 3.11. The molecule has 0 aliphatic carbocycles. The fourth-order valence-electron chi connectivity index (χ4n) is 2.44. The van der Waals surface area contributed by atoms with Gasteiger partial charge in [0.1, 0.15) is 11.5 Å². The number of nitrogens with zero attached hydrogens (tertiary/aromatic N) is 1. The summed E-state index contributed by atoms with van der Waals surface area (Å²) in [5.74, 6) is 0.724. The molecule has 1 unspecified atom stereocenters. The molecule has 1 aromatic carbocycles. The number of methoxy groups -OCH3 is 2. The molecule has 6 nitrogen and oxygen atoms in total. The molecule has 0 bridgehead atoms. The highest BCUT2D eigenvalue weighted by atomic mass is 16.5. The van der Waals surface area contributed by atoms with Crippen LogP contribution < -0.4 is 19.7 Å². The van der Waals surface area contributed by atoms with Crippen LogP contribution in [0.2, 0.25) is 0 Å². The van der Waals surface area contributed by atoms with E-state index < -0.39 is 0 Å². The summed E-state index contributed by atoms with van der Waals surface area (Å²) in [4.78, 5) is 25.7. The third-order valence-corrected chi connectivity index (χ3v) is 3.52. The van der Waals surface area contributed by atoms with Crippen LogP contribution in [-0.4, -0.2) is 39.1 Å². The summed E-state index contributed by atoms with van der Waals surface area (Å²) >= 11 is 0. The molecule has 1 N–H and O–H groups in total. The van der Waals surface area contributed by atoms with Gasteiger partial charge in [-0.15, -0.1) is 0 Å². The standard InChI is InChI=1S/C15H20N2O4/c1-4-16-15(19)10-7-14(18)17(9-10)12-8-11(20-2)5-6-13(12)21-3/h5-6,8,10H,4,7,9H2,1-3H3,(H,16,19). The van der Waals surface area contributed by atoms with Crippen molar-refractivity contribution in [3.8, 4) is 11.5 Å². The molecule has 1 saturated heterocycles. The Balaban J connectivity index is 2.25. The predicted octanol–water partition coefficient (Wildman–Crippen LogP) is 1.19. The zero-order valence-corrected chi connectivity index (χ0v) is 12.5. The summed E-state index contributed by atoms with van der Waals surface area (Å²) in [6, 6.07) is 5.27. The van der Waals surface area contributed by atoms with Crippen molar-refractivity contribution in [3.63, 3.8) is 0 Å². The zero-order chi connectivity index (χ0) is 15.4. The second kappa shape index (κ2) is 6.47. The van der Waals surface area contributed by atoms with E-state index in [0.29, 0.717) is 30.3 Å². The first-order chi connectivity index (χ1) is 10.1. The number of ether oxygens (including phenoxy) is 2. The summed E-state index contributed by atoms with van der Waals surface area (Å²) in [5.41, 5.74) is 0.633. The second-order valence-corrected chi connectivity index (χ2v) is 4.84. The number of anilines is 1. The van der Waals surface area contributed by atoms with Crippen LogP contribution in [0.5, 0.6) is 11.5 Å². The van der Waals surface area contributed by atoms with Gasteiger partial charge in [-0.1, -0.05) is 0 Å². The van der Waals surface area contributed by atoms with Crippen molar-refractivity contribution in [2.75, 3.05) is 32.2 Å². The second-order valence-electron chi connectivity index (χ2n) is 4.84. The number of benzene rings is 1. The van der Waals surface area contributed by atoms with Gasteiger partial charge in [-0.2, -0.15) is 0 Å². The molecule has 2 rings (SSSR count). The molecule has 21 heavy (non-hydrogen) atoms. The molecule has 6 heteroatoms. The number of rotatable bonds is 5. The van der Waals surface area contributed by atoms with Gasteiger partial charge in [-0.05, 0) is 19.1 Å². The van der Waals surface area contributed by atoms with Crippen LogP contribution in [0.3, 0.4) is 0 Å². The Hall–Kier alpha value is -2.24. The van der Waals surface area contributed by atoms with Crippen LogP contribution in [0.1, 0.15) is 13.3 Å². The monoisotopic (exact) mass is 292 g/mol. The highest BCUT2D eigenvalue weighted by molar-refractivity contribution is 6.01. The van der Waals surface area contributed by atoms with Crippen molar-refractivity contribution in [3.05, 3.63) is 18.2 Å². The minimum absolute atomic E-state index is 0.0854. The normalized spacial score (nSPS) is 17.8. The first kappa shape index (κ1) is 15.2. The van der Waals surface area contributed by atoms with Crippen LogP contribution in [0.15, 0.2) is 18.2 Å². The van der Waals surface area contributed by atoms with Crippen LogP contribution >= 0.6 is 0 Å². The largest absolute Gasteiger partial charge is 0.497 e. The van der Waals surface area contributed by atoms with Gasteiger partial charge >= 0.3 is 0 Å². The molecule has 1 atom stereocenters. The smallest absolute Gasteiger partial charge is 0.227 e. The Morgan fingerprint density at radius 3 is 2.76 bits per heavy atom. The molecule has 1 fully saturated rings. The molecular formula is C15H20N2O4. The zero-order valence-electron chi connectivity index (χ0n) is 12.5. The van der Waals surface area contributed by atoms with Crippen LogP contribution in [0, 0.1) is 5.92 Å². The summed E-state index contributed by atoms with van der Waals surface area (Å²) in [6.07, 6.45) is 0.214. The van der Waals surface area contributed by atoms with Crippen molar-refractivity contribution < 1.29 is 19.1 Å². The van der Waals surface area contributed by atoms with Gasteiger partial charge in [0.25, 0.3) is 0 Å². The third kappa shape index (κ3) is 3.09. The summed E-state index contributed by atoms with van der Waals surface area (Å²) in [6.45, 7) is 2.78. The number of amides is 2. The van der Waals surface area contributed by atoms with Crippen LogP contribution in [0.4, 0.5) is 5.69 Å². The van der Waals surface area contributed by atoms with Crippen molar-refractivity contribution in [1.29, 1.82) is 0 Å². The molecule has 0 saturated carbocycles. The van der Waals surface area contributed by atoms with E-state index in [1.54, 1.807) is 37.3 Å². The lowest BCUT2D eigenvalue weighted by Gasteiger charge is -2.20. The minimum Gasteiger partial charge on any atom is -0.497 e. The molecule has 1 heterocycles. The molecular weight excluding hydrogens is 272 g/mol. The van der Waals surface area contributed by atoms with Gasteiger partial charge in [-0.25, -0.2) is 0 Å². The quantitative estimate of drug-likeness (QED) is 0.885. The van der Waals surface area contributed by atoms with Gasteiger partial charge < -0.3 is 19.7 Å². The molecule has 1 aliphatic heterocycles. The summed E-state index contributed by atoms with van der Waals surface area (Å²) < 4.78 is 10.5. The maximum atomic E-state index is 12.2. The van der Waals surface area contributed by atoms with E-state index in [2.05, 4.69) is 5.32 Å². The van der Waals surface area contributed by atoms with E-state index in [-0.39, 0.29) is 24.2 Å². The number of carbonyl (C=O) groups excluding carboxylic acids is 2. The molecule has 0 spiro atoms. The first-order valence-electron chi connectivity index (χ1n) is 6.90. The van der Waals surface area contributed by atoms with Gasteiger partial charge in [-0.3, -0.25) is 9.59 Å². The maximum Gasteiger partial charge on any atom is 0.227 e. The van der Waals surface area contributed by atoms with E-state index in [1.165, 1.54) is 0 Å². The SMILES string of the molecule is CCNC(=O)C1CC(=O)N(c2cc(OC)ccc2OC)C1. The molecule has 1 aromatic rings. The Labute approximate surface area is 124 Å². The van der Waals surface area contributed by atoms with Gasteiger partial charge in [0, 0.05) is 25.6 Å². The van der Waals surface area contributed by atoms with Crippen molar-refractivity contribution in [1.82, 2.24) is 5.32 Å². The predicted molar refractivity (Wildman–Crippen MR) is 78.7 cm³/mol. The van der Waals surface area contributed by atoms with E-state index in [1.807, 2.05) is 6.92 Å². The number of carbonyl (C=O) groups is 2. The summed E-state index contributed by atoms with van der Waals surface area (Å²) in [5, 5.41) is 2.76. The van der Waals surface area contributed by atoms with Gasteiger partial charge in [0.2, 0.25) is 11.8 Å². The van der Waals surface area contributed by atoms with Crippen molar-refractivity contribution >= 4 is 17.5 Å². The topological polar surface area (TPSA) is 67.9 Å². The van der Waals surface area contributed by atoms with Gasteiger partial charge in [0.05, 0.1) is 25.8 Å². The lowest BCUT2D eigenvalue weighted by atomic mass is 10.1. The van der Waals surface area contributed by atoms with E-state index in [9.17, 15) is 9.59 Å². The van der Waals surface area contributed by atoms with Crippen molar-refractivity contribution in [2.45, 2.75) is 13.3 Å². The lowest BCUT2D eigenvalue weighted by Crippen LogP contribution is -2.32. The van der Waals surface area contributed by atoms with Crippen LogP contribution in [-0.2, 0) is 9.59 Å². The average molecular weight is 292 g/mol. The molecule has 1 aliphatic rings. The Kier molecular flexibility index (Phi) is 4.67. The number of hydrogen-bond acceptors (Lipinski definition) is 4. The third-order valence-electron chi connectivity index (χ3n) is 3.52. The average Bonchev–Trinajstić information content (AvgIpc) is 2.88. The fraction of sp³-hybridized carbons (Fsp3) is 0.467. The highest BCUT2D eigenvalue weighted by Crippen LogP contribution is 2.35. The molecule has 0 radical (unpaired) electrons. The van der Waals surface area contributed by atoms with Crippen molar-refractivity contribution in [2.24, 2.45) is 5.92 Å². The number of nitrogens with one attached hydrogen (secondary N) is 1. The molecule has 114 valence electrons. The van der Waals surface area contributed by atoms with Gasteiger partial charge in [0.15, 0.2) is 0 Å². The maximum absolute atomic E-state index is 12.2. The number of hydrogen-bond donors (Lipinski definition) is 1. The molecule has 2 amide bonds. The van der Waals surface area contributed by atoms with E-state index in [0.717, 1.165) is 0 Å². The Morgan fingerprint density at radius 2 is 2.14 bits per heavy atom. The van der Waals surface area contributed by atoms with Crippen LogP contribution in [0.25, 0.3) is 0 Å². The lowest BCUT2D eigenvalue weighted by molar-refractivity contribution is -0.126. The van der Waals surface area contributed by atoms with E-state index >= 15 is 0 Å². The Morgan fingerprint density at radius 1 is 1.38 bits per heavy atom. The first-order valence-corrected chi connectivity index (χ1v) is 6.90.